The van der Waals surface area contributed by atoms with E-state index in [1.165, 1.54) is 0 Å². The fourth-order valence-electron chi connectivity index (χ4n) is 1.78. The van der Waals surface area contributed by atoms with E-state index >= 15 is 0 Å². The molecule has 0 saturated heterocycles. The Bertz CT molecular complexity index is 465. The molecule has 0 amide bonds. The van der Waals surface area contributed by atoms with E-state index in [0.29, 0.717) is 12.8 Å². The van der Waals surface area contributed by atoms with E-state index in [1.807, 2.05) is 31.2 Å². The number of hydrogen-bond donors (Lipinski definition) is 2. The van der Waals surface area contributed by atoms with E-state index in [1.54, 1.807) is 6.92 Å². The second-order valence-corrected chi connectivity index (χ2v) is 4.69. The van der Waals surface area contributed by atoms with Crippen LogP contribution >= 0.6 is 0 Å². The number of rotatable bonds is 6. The Morgan fingerprint density at radius 2 is 2.28 bits per heavy atom. The van der Waals surface area contributed by atoms with Crippen molar-refractivity contribution in [2.24, 2.45) is 0 Å². The summed E-state index contributed by atoms with van der Waals surface area (Å²) in [5.41, 5.74) is 1.27. The number of benzene rings is 1. The highest BCUT2D eigenvalue weighted by molar-refractivity contribution is 5.66. The van der Waals surface area contributed by atoms with Crippen LogP contribution in [0.2, 0.25) is 0 Å². The Morgan fingerprint density at radius 3 is 2.83 bits per heavy atom. The molecule has 0 bridgehead atoms. The van der Waals surface area contributed by atoms with Gasteiger partial charge in [-0.25, -0.2) is 0 Å². The normalized spacial score (nSPS) is 13.4. The van der Waals surface area contributed by atoms with Gasteiger partial charge in [-0.3, -0.25) is 4.79 Å². The summed E-state index contributed by atoms with van der Waals surface area (Å²) in [6.07, 6.45) is 1.08. The lowest BCUT2D eigenvalue weighted by molar-refractivity contribution is -0.137. The van der Waals surface area contributed by atoms with E-state index < -0.39 is 11.5 Å². The number of anilines is 1. The summed E-state index contributed by atoms with van der Waals surface area (Å²) in [6, 6.07) is 9.99. The Hall–Kier alpha value is -2.02. The van der Waals surface area contributed by atoms with Crippen LogP contribution < -0.4 is 5.32 Å². The molecular weight excluding hydrogens is 228 g/mol. The third-order valence-corrected chi connectivity index (χ3v) is 2.75. The van der Waals surface area contributed by atoms with E-state index in [-0.39, 0.29) is 6.42 Å². The van der Waals surface area contributed by atoms with Crippen molar-refractivity contribution in [1.82, 2.24) is 0 Å². The zero-order valence-corrected chi connectivity index (χ0v) is 10.7. The number of carbonyl (C=O) groups is 1. The molecule has 0 heterocycles. The first kappa shape index (κ1) is 14.0. The van der Waals surface area contributed by atoms with Gasteiger partial charge in [-0.05, 0) is 44.4 Å². The topological polar surface area (TPSA) is 73.1 Å². The summed E-state index contributed by atoms with van der Waals surface area (Å²) in [5, 5.41) is 21.0. The zero-order chi connectivity index (χ0) is 13.6. The number of hydrogen-bond acceptors (Lipinski definition) is 3. The number of nitrogens with zero attached hydrogens (tertiary/aromatic N) is 1. The lowest BCUT2D eigenvalue weighted by Crippen LogP contribution is -2.33. The van der Waals surface area contributed by atoms with Crippen molar-refractivity contribution in [2.75, 3.05) is 5.32 Å². The molecule has 1 rings (SSSR count). The fraction of sp³-hybridized carbons (Fsp3) is 0.429. The predicted octanol–water partition coefficient (Wildman–Crippen LogP) is 2.94. The van der Waals surface area contributed by atoms with Crippen LogP contribution in [0.3, 0.4) is 0 Å². The van der Waals surface area contributed by atoms with E-state index in [0.717, 1.165) is 11.3 Å². The summed E-state index contributed by atoms with van der Waals surface area (Å²) < 4.78 is 0. The number of nitrogens with one attached hydrogen (secondary N) is 1. The van der Waals surface area contributed by atoms with Crippen molar-refractivity contribution in [3.05, 3.63) is 29.8 Å². The van der Waals surface area contributed by atoms with Crippen molar-refractivity contribution in [3.8, 4) is 6.07 Å². The molecule has 96 valence electrons. The average molecular weight is 246 g/mol. The first-order chi connectivity index (χ1) is 8.45. The van der Waals surface area contributed by atoms with Gasteiger partial charge in [0.15, 0.2) is 0 Å². The molecular formula is C14H18N2O2. The molecule has 0 aliphatic heterocycles. The summed E-state index contributed by atoms with van der Waals surface area (Å²) in [5.74, 6) is -0.828. The largest absolute Gasteiger partial charge is 0.481 e. The van der Waals surface area contributed by atoms with Crippen molar-refractivity contribution in [3.63, 3.8) is 0 Å². The number of nitriles is 1. The standard InChI is InChI=1S/C14H18N2O2/c1-11-5-3-6-12(9-11)16-14(2,10-15)8-4-7-13(17)18/h3,5-6,9,16H,4,7-8H2,1-2H3,(H,17,18). The molecule has 2 N–H and O–H groups in total. The smallest absolute Gasteiger partial charge is 0.303 e. The minimum absolute atomic E-state index is 0.0900. The Kier molecular flexibility index (Phi) is 4.73. The number of carboxylic acid groups (broad SMARTS) is 1. The highest BCUT2D eigenvalue weighted by atomic mass is 16.4. The summed E-state index contributed by atoms with van der Waals surface area (Å²) >= 11 is 0. The number of aryl methyl sites for hydroxylation is 1. The van der Waals surface area contributed by atoms with Crippen molar-refractivity contribution >= 4 is 11.7 Å². The fourth-order valence-corrected chi connectivity index (χ4v) is 1.78. The lowest BCUT2D eigenvalue weighted by atomic mass is 9.96. The number of aliphatic carboxylic acids is 1. The average Bonchev–Trinajstić information content (AvgIpc) is 2.28. The second-order valence-electron chi connectivity index (χ2n) is 4.69. The van der Waals surface area contributed by atoms with Crippen LogP contribution in [0.15, 0.2) is 24.3 Å². The Labute approximate surface area is 107 Å². The molecule has 4 heteroatoms. The van der Waals surface area contributed by atoms with Crippen molar-refractivity contribution in [2.45, 2.75) is 38.6 Å². The van der Waals surface area contributed by atoms with Crippen molar-refractivity contribution in [1.29, 1.82) is 5.26 Å². The zero-order valence-electron chi connectivity index (χ0n) is 10.7. The van der Waals surface area contributed by atoms with Gasteiger partial charge in [0.2, 0.25) is 0 Å². The van der Waals surface area contributed by atoms with E-state index in [2.05, 4.69) is 11.4 Å². The van der Waals surface area contributed by atoms with Crippen LogP contribution in [0.5, 0.6) is 0 Å². The molecule has 1 aromatic rings. The van der Waals surface area contributed by atoms with Gasteiger partial charge in [-0.2, -0.15) is 5.26 Å². The second kappa shape index (κ2) is 6.06. The van der Waals surface area contributed by atoms with Crippen LogP contribution in [-0.4, -0.2) is 16.6 Å². The molecule has 0 aromatic heterocycles. The predicted molar refractivity (Wildman–Crippen MR) is 70.3 cm³/mol. The molecule has 0 saturated carbocycles. The van der Waals surface area contributed by atoms with Crippen LogP contribution in [0.25, 0.3) is 0 Å². The maximum atomic E-state index is 10.5. The van der Waals surface area contributed by atoms with Crippen LogP contribution in [0, 0.1) is 18.3 Å². The molecule has 0 spiro atoms. The van der Waals surface area contributed by atoms with Crippen LogP contribution in [0.1, 0.15) is 31.7 Å². The third-order valence-electron chi connectivity index (χ3n) is 2.75. The van der Waals surface area contributed by atoms with Gasteiger partial charge in [0.25, 0.3) is 0 Å². The first-order valence-corrected chi connectivity index (χ1v) is 5.93. The van der Waals surface area contributed by atoms with E-state index in [4.69, 9.17) is 5.11 Å². The van der Waals surface area contributed by atoms with Gasteiger partial charge in [0.1, 0.15) is 5.54 Å². The third kappa shape index (κ3) is 4.46. The lowest BCUT2D eigenvalue weighted by Gasteiger charge is -2.24. The SMILES string of the molecule is Cc1cccc(NC(C)(C#N)CCCC(=O)O)c1. The maximum absolute atomic E-state index is 10.5. The van der Waals surface area contributed by atoms with Gasteiger partial charge in [0, 0.05) is 12.1 Å². The van der Waals surface area contributed by atoms with Crippen molar-refractivity contribution < 1.29 is 9.90 Å². The summed E-state index contributed by atoms with van der Waals surface area (Å²) in [7, 11) is 0. The summed E-state index contributed by atoms with van der Waals surface area (Å²) in [6.45, 7) is 3.77. The van der Waals surface area contributed by atoms with Gasteiger partial charge >= 0.3 is 5.97 Å². The summed E-state index contributed by atoms with van der Waals surface area (Å²) in [4.78, 5) is 10.5. The molecule has 0 aliphatic carbocycles. The first-order valence-electron chi connectivity index (χ1n) is 5.93. The van der Waals surface area contributed by atoms with Gasteiger partial charge < -0.3 is 10.4 Å². The highest BCUT2D eigenvalue weighted by Crippen LogP contribution is 2.21. The molecule has 0 fully saturated rings. The van der Waals surface area contributed by atoms with Gasteiger partial charge in [0.05, 0.1) is 6.07 Å². The molecule has 4 nitrogen and oxygen atoms in total. The molecule has 0 radical (unpaired) electrons. The van der Waals surface area contributed by atoms with Gasteiger partial charge in [-0.15, -0.1) is 0 Å². The maximum Gasteiger partial charge on any atom is 0.303 e. The molecule has 0 aliphatic rings. The molecule has 1 aromatic carbocycles. The minimum Gasteiger partial charge on any atom is -0.481 e. The van der Waals surface area contributed by atoms with E-state index in [9.17, 15) is 10.1 Å². The monoisotopic (exact) mass is 246 g/mol. The molecule has 1 unspecified atom stereocenters. The quantitative estimate of drug-likeness (QED) is 0.809. The Morgan fingerprint density at radius 1 is 1.56 bits per heavy atom. The number of carboxylic acids is 1. The van der Waals surface area contributed by atoms with Crippen LogP contribution in [-0.2, 0) is 4.79 Å². The minimum atomic E-state index is -0.828. The molecule has 18 heavy (non-hydrogen) atoms. The molecule has 1 atom stereocenters. The highest BCUT2D eigenvalue weighted by Gasteiger charge is 2.23. The Balaban J connectivity index is 2.65. The van der Waals surface area contributed by atoms with Crippen LogP contribution in [0.4, 0.5) is 5.69 Å². The van der Waals surface area contributed by atoms with Gasteiger partial charge in [-0.1, -0.05) is 12.1 Å².